The smallest absolute Gasteiger partial charge is 0.422 e. The highest BCUT2D eigenvalue weighted by Gasteiger charge is 2.31. The summed E-state index contributed by atoms with van der Waals surface area (Å²) in [4.78, 5) is 18.2. The van der Waals surface area contributed by atoms with E-state index < -0.39 is 12.8 Å². The minimum Gasteiger partial charge on any atom is -0.468 e. The molecule has 126 valence electrons. The second-order valence-corrected chi connectivity index (χ2v) is 5.65. The Bertz CT molecular complexity index is 744. The zero-order valence-corrected chi connectivity index (χ0v) is 12.9. The number of aromatic nitrogens is 1. The van der Waals surface area contributed by atoms with Crippen LogP contribution < -0.4 is 9.64 Å². The fraction of sp³-hybridized carbons (Fsp3) is 0.294. The molecular weight excluding hydrogens is 321 g/mol. The molecule has 0 radical (unpaired) electrons. The molecule has 1 amide bonds. The van der Waals surface area contributed by atoms with Crippen LogP contribution in [0.15, 0.2) is 42.6 Å². The number of amides is 1. The van der Waals surface area contributed by atoms with E-state index in [0.29, 0.717) is 5.56 Å². The zero-order valence-electron chi connectivity index (χ0n) is 12.9. The molecular formula is C17H15F3N2O2. The summed E-state index contributed by atoms with van der Waals surface area (Å²) in [6.07, 6.45) is -2.42. The second-order valence-electron chi connectivity index (χ2n) is 5.65. The Labute approximate surface area is 136 Å². The van der Waals surface area contributed by atoms with Gasteiger partial charge in [0, 0.05) is 24.0 Å². The Balaban J connectivity index is 1.76. The van der Waals surface area contributed by atoms with E-state index in [4.69, 9.17) is 0 Å². The molecule has 4 nitrogen and oxygen atoms in total. The second kappa shape index (κ2) is 6.14. The van der Waals surface area contributed by atoms with E-state index in [-0.39, 0.29) is 17.8 Å². The summed E-state index contributed by atoms with van der Waals surface area (Å²) in [7, 11) is 0. The highest BCUT2D eigenvalue weighted by atomic mass is 19.4. The van der Waals surface area contributed by atoms with E-state index in [0.717, 1.165) is 17.7 Å². The molecule has 2 aromatic rings. The number of ether oxygens (including phenoxy) is 1. The number of pyridine rings is 1. The molecule has 1 aliphatic heterocycles. The van der Waals surface area contributed by atoms with Gasteiger partial charge >= 0.3 is 6.18 Å². The third kappa shape index (κ3) is 3.34. The van der Waals surface area contributed by atoms with Crippen LogP contribution >= 0.6 is 0 Å². The van der Waals surface area contributed by atoms with E-state index >= 15 is 0 Å². The van der Waals surface area contributed by atoms with Crippen molar-refractivity contribution in [2.75, 3.05) is 11.5 Å². The maximum absolute atomic E-state index is 12.7. The lowest BCUT2D eigenvalue weighted by atomic mass is 10.1. The molecule has 1 aliphatic rings. The molecule has 1 atom stereocenters. The number of anilines is 1. The topological polar surface area (TPSA) is 42.4 Å². The summed E-state index contributed by atoms with van der Waals surface area (Å²) in [6, 6.07) is 10.4. The molecule has 0 saturated heterocycles. The highest BCUT2D eigenvalue weighted by molar-refractivity contribution is 6.07. The van der Waals surface area contributed by atoms with Gasteiger partial charge in [0.15, 0.2) is 6.61 Å². The first-order chi connectivity index (χ1) is 11.3. The number of hydrogen-bond acceptors (Lipinski definition) is 3. The van der Waals surface area contributed by atoms with Crippen molar-refractivity contribution in [3.8, 4) is 5.88 Å². The third-order valence-corrected chi connectivity index (χ3v) is 3.79. The van der Waals surface area contributed by atoms with Crippen molar-refractivity contribution in [3.05, 3.63) is 53.7 Å². The molecule has 0 fully saturated rings. The Morgan fingerprint density at radius 2 is 2.04 bits per heavy atom. The minimum atomic E-state index is -4.43. The fourth-order valence-corrected chi connectivity index (χ4v) is 2.76. The number of carbonyl (C=O) groups is 1. The molecule has 0 aliphatic carbocycles. The molecule has 24 heavy (non-hydrogen) atoms. The van der Waals surface area contributed by atoms with Crippen LogP contribution in [-0.2, 0) is 6.42 Å². The first-order valence-electron chi connectivity index (χ1n) is 7.42. The van der Waals surface area contributed by atoms with Gasteiger partial charge in [-0.05, 0) is 31.0 Å². The van der Waals surface area contributed by atoms with E-state index in [1.807, 2.05) is 31.2 Å². The molecule has 0 spiro atoms. The molecule has 0 bridgehead atoms. The maximum Gasteiger partial charge on any atom is 0.422 e. The number of rotatable bonds is 3. The van der Waals surface area contributed by atoms with Crippen molar-refractivity contribution in [2.24, 2.45) is 0 Å². The summed E-state index contributed by atoms with van der Waals surface area (Å²) in [6.45, 7) is 0.538. The SMILES string of the molecule is CC1Cc2ccccc2N1C(=O)c1ccc(OCC(F)(F)F)nc1. The normalized spacial score (nSPS) is 16.8. The van der Waals surface area contributed by atoms with E-state index in [1.54, 1.807) is 4.90 Å². The molecule has 0 saturated carbocycles. The van der Waals surface area contributed by atoms with Gasteiger partial charge in [0.25, 0.3) is 5.91 Å². The van der Waals surface area contributed by atoms with Crippen molar-refractivity contribution in [1.82, 2.24) is 4.98 Å². The molecule has 1 aromatic carbocycles. The van der Waals surface area contributed by atoms with E-state index in [9.17, 15) is 18.0 Å². The average Bonchev–Trinajstić information content (AvgIpc) is 2.88. The van der Waals surface area contributed by atoms with Crippen molar-refractivity contribution in [1.29, 1.82) is 0 Å². The van der Waals surface area contributed by atoms with Crippen molar-refractivity contribution in [3.63, 3.8) is 0 Å². The predicted octanol–water partition coefficient (Wildman–Crippen LogP) is 3.61. The Morgan fingerprint density at radius 1 is 1.29 bits per heavy atom. The van der Waals surface area contributed by atoms with Crippen LogP contribution in [0.4, 0.5) is 18.9 Å². The monoisotopic (exact) mass is 336 g/mol. The predicted molar refractivity (Wildman–Crippen MR) is 82.2 cm³/mol. The molecule has 2 heterocycles. The van der Waals surface area contributed by atoms with Crippen LogP contribution in [0.1, 0.15) is 22.8 Å². The summed E-state index contributed by atoms with van der Waals surface area (Å²) in [5.74, 6) is -0.402. The molecule has 3 rings (SSSR count). The van der Waals surface area contributed by atoms with Gasteiger partial charge in [0.2, 0.25) is 5.88 Å². The lowest BCUT2D eigenvalue weighted by Crippen LogP contribution is -2.35. The first-order valence-corrected chi connectivity index (χ1v) is 7.42. The number of halogens is 3. The van der Waals surface area contributed by atoms with Gasteiger partial charge in [-0.25, -0.2) is 4.98 Å². The zero-order chi connectivity index (χ0) is 17.3. The molecule has 0 N–H and O–H groups in total. The number of alkyl halides is 3. The lowest BCUT2D eigenvalue weighted by Gasteiger charge is -2.22. The number of hydrogen-bond donors (Lipinski definition) is 0. The largest absolute Gasteiger partial charge is 0.468 e. The van der Waals surface area contributed by atoms with Crippen LogP contribution in [0.25, 0.3) is 0 Å². The average molecular weight is 336 g/mol. The van der Waals surface area contributed by atoms with Crippen molar-refractivity contribution < 1.29 is 22.7 Å². The quantitative estimate of drug-likeness (QED) is 0.860. The van der Waals surface area contributed by atoms with Gasteiger partial charge in [-0.15, -0.1) is 0 Å². The van der Waals surface area contributed by atoms with E-state index in [1.165, 1.54) is 18.3 Å². The van der Waals surface area contributed by atoms with Crippen molar-refractivity contribution >= 4 is 11.6 Å². The molecule has 1 aromatic heterocycles. The summed E-state index contributed by atoms with van der Waals surface area (Å²) in [5, 5.41) is 0. The van der Waals surface area contributed by atoms with Gasteiger partial charge in [-0.3, -0.25) is 4.79 Å². The molecule has 7 heteroatoms. The number of nitrogens with zero attached hydrogens (tertiary/aromatic N) is 2. The van der Waals surface area contributed by atoms with Gasteiger partial charge in [0.1, 0.15) is 0 Å². The maximum atomic E-state index is 12.7. The number of benzene rings is 1. The standard InChI is InChI=1S/C17H15F3N2O2/c1-11-8-12-4-2-3-5-14(12)22(11)16(23)13-6-7-15(21-9-13)24-10-17(18,19)20/h2-7,9,11H,8,10H2,1H3. The van der Waals surface area contributed by atoms with Crippen LogP contribution in [0, 0.1) is 0 Å². The number of carbonyl (C=O) groups excluding carboxylic acids is 1. The van der Waals surface area contributed by atoms with Crippen LogP contribution in [0.2, 0.25) is 0 Å². The highest BCUT2D eigenvalue weighted by Crippen LogP contribution is 2.33. The van der Waals surface area contributed by atoms with Gasteiger partial charge in [0.05, 0.1) is 5.56 Å². The van der Waals surface area contributed by atoms with Crippen LogP contribution in [-0.4, -0.2) is 29.7 Å². The number of para-hydroxylation sites is 1. The third-order valence-electron chi connectivity index (χ3n) is 3.79. The Hall–Kier alpha value is -2.57. The fourth-order valence-electron chi connectivity index (χ4n) is 2.76. The lowest BCUT2D eigenvalue weighted by molar-refractivity contribution is -0.154. The van der Waals surface area contributed by atoms with Gasteiger partial charge < -0.3 is 9.64 Å². The van der Waals surface area contributed by atoms with Crippen molar-refractivity contribution in [2.45, 2.75) is 25.6 Å². The Morgan fingerprint density at radius 3 is 2.71 bits per heavy atom. The minimum absolute atomic E-state index is 0.0102. The molecule has 1 unspecified atom stereocenters. The Kier molecular flexibility index (Phi) is 4.17. The number of fused-ring (bicyclic) bond motifs is 1. The van der Waals surface area contributed by atoms with E-state index in [2.05, 4.69) is 9.72 Å². The summed E-state index contributed by atoms with van der Waals surface area (Å²) >= 11 is 0. The first kappa shape index (κ1) is 16.3. The van der Waals surface area contributed by atoms with Crippen LogP contribution in [0.5, 0.6) is 5.88 Å². The van der Waals surface area contributed by atoms with Crippen LogP contribution in [0.3, 0.4) is 0 Å². The summed E-state index contributed by atoms with van der Waals surface area (Å²) in [5.41, 5.74) is 2.25. The van der Waals surface area contributed by atoms with Gasteiger partial charge in [-0.2, -0.15) is 13.2 Å². The van der Waals surface area contributed by atoms with Gasteiger partial charge in [-0.1, -0.05) is 18.2 Å². The summed E-state index contributed by atoms with van der Waals surface area (Å²) < 4.78 is 40.9.